The second-order valence-corrected chi connectivity index (χ2v) is 8.91. The fourth-order valence-corrected chi connectivity index (χ4v) is 5.51. The third kappa shape index (κ3) is 3.02. The minimum Gasteiger partial charge on any atom is -0.461 e. The van der Waals surface area contributed by atoms with Crippen molar-refractivity contribution < 1.29 is 9.53 Å². The smallest absolute Gasteiger partial charge is 0.365 e. The van der Waals surface area contributed by atoms with E-state index in [0.717, 1.165) is 20.7 Å². The van der Waals surface area contributed by atoms with E-state index in [9.17, 15) is 4.79 Å². The van der Waals surface area contributed by atoms with Gasteiger partial charge in [0.2, 0.25) is 9.37 Å². The number of nitrogens with zero attached hydrogens (tertiary/aromatic N) is 2. The van der Waals surface area contributed by atoms with E-state index in [1.165, 1.54) is 11.8 Å². The zero-order valence-corrected chi connectivity index (χ0v) is 16.5. The van der Waals surface area contributed by atoms with Crippen molar-refractivity contribution in [2.24, 2.45) is 5.10 Å². The van der Waals surface area contributed by atoms with Gasteiger partial charge in [0, 0.05) is 9.37 Å². The number of benzene rings is 2. The first kappa shape index (κ1) is 16.8. The summed E-state index contributed by atoms with van der Waals surface area (Å²) in [5.74, 6) is -0.398. The first-order chi connectivity index (χ1) is 12.1. The average Bonchev–Trinajstić information content (AvgIpc) is 3.16. The molecule has 2 aromatic carbocycles. The molecule has 2 aliphatic heterocycles. The molecule has 2 aliphatic rings. The molecule has 0 radical (unpaired) electrons. The molecule has 0 aliphatic carbocycles. The van der Waals surface area contributed by atoms with Crippen molar-refractivity contribution in [1.29, 1.82) is 0 Å². The number of hydrazone groups is 1. The van der Waals surface area contributed by atoms with Crippen molar-refractivity contribution in [2.75, 3.05) is 16.9 Å². The van der Waals surface area contributed by atoms with E-state index in [1.54, 1.807) is 18.7 Å². The third-order valence-corrected chi connectivity index (χ3v) is 6.80. The summed E-state index contributed by atoms with van der Waals surface area (Å²) in [4.78, 5) is 13.4. The lowest BCUT2D eigenvalue weighted by Crippen LogP contribution is -2.41. The number of hydrogen-bond donors (Lipinski definition) is 1. The van der Waals surface area contributed by atoms with Crippen LogP contribution in [0.25, 0.3) is 0 Å². The number of para-hydroxylation sites is 1. The van der Waals surface area contributed by atoms with Crippen molar-refractivity contribution in [3.8, 4) is 0 Å². The van der Waals surface area contributed by atoms with Gasteiger partial charge in [-0.05, 0) is 55.1 Å². The molecular weight excluding hydrogens is 422 g/mol. The predicted molar refractivity (Wildman–Crippen MR) is 107 cm³/mol. The zero-order chi connectivity index (χ0) is 17.4. The molecule has 2 heterocycles. The van der Waals surface area contributed by atoms with Gasteiger partial charge in [-0.2, -0.15) is 5.10 Å². The first-order valence-electron chi connectivity index (χ1n) is 7.68. The van der Waals surface area contributed by atoms with Gasteiger partial charge >= 0.3 is 5.97 Å². The topological polar surface area (TPSA) is 53.9 Å². The van der Waals surface area contributed by atoms with E-state index in [1.807, 2.05) is 47.5 Å². The maximum Gasteiger partial charge on any atom is 0.365 e. The Bertz CT molecular complexity index is 832. The lowest BCUT2D eigenvalue weighted by molar-refractivity contribution is -0.134. The van der Waals surface area contributed by atoms with Crippen molar-refractivity contribution >= 4 is 61.8 Å². The highest BCUT2D eigenvalue weighted by Crippen LogP contribution is 2.57. The summed E-state index contributed by atoms with van der Waals surface area (Å²) in [5, 5.41) is 10.3. The minimum absolute atomic E-state index is 0.324. The van der Waals surface area contributed by atoms with E-state index < -0.39 is 10.3 Å². The molecule has 0 fully saturated rings. The Balaban J connectivity index is 1.73. The van der Waals surface area contributed by atoms with E-state index >= 15 is 0 Å². The van der Waals surface area contributed by atoms with E-state index in [-0.39, 0.29) is 0 Å². The number of esters is 1. The Kier molecular flexibility index (Phi) is 4.43. The lowest BCUT2D eigenvalue weighted by Gasteiger charge is -2.32. The van der Waals surface area contributed by atoms with Crippen LogP contribution in [0.5, 0.6) is 0 Å². The molecule has 8 heteroatoms. The highest BCUT2D eigenvalue weighted by molar-refractivity contribution is 9.10. The summed E-state index contributed by atoms with van der Waals surface area (Å²) in [6, 6.07) is 15.9. The molecule has 128 valence electrons. The van der Waals surface area contributed by atoms with Crippen LogP contribution < -0.4 is 10.3 Å². The van der Waals surface area contributed by atoms with E-state index in [4.69, 9.17) is 4.74 Å². The standard InChI is InChI=1S/C17H14BrN3O2S2/c1-2-23-16(22)15-20-21(12-9-7-11(18)8-10-12)17(25-15)19-13-5-3-4-6-14(13)24-17/h3-10,19H,2H2,1H3. The highest BCUT2D eigenvalue weighted by Gasteiger charge is 2.51. The Morgan fingerprint density at radius 2 is 2.00 bits per heavy atom. The summed E-state index contributed by atoms with van der Waals surface area (Å²) in [6.07, 6.45) is 0. The number of thioether (sulfide) groups is 2. The molecule has 1 N–H and O–H groups in total. The molecule has 0 saturated carbocycles. The second-order valence-electron chi connectivity index (χ2n) is 5.32. The monoisotopic (exact) mass is 435 g/mol. The molecule has 0 amide bonds. The fraction of sp³-hybridized carbons (Fsp3) is 0.176. The number of hydrogen-bond acceptors (Lipinski definition) is 7. The van der Waals surface area contributed by atoms with Gasteiger partial charge in [-0.1, -0.05) is 39.8 Å². The molecule has 1 unspecified atom stereocenters. The molecule has 0 bridgehead atoms. The molecule has 1 spiro atoms. The Morgan fingerprint density at radius 3 is 2.72 bits per heavy atom. The van der Waals surface area contributed by atoms with Crippen molar-refractivity contribution in [3.05, 3.63) is 53.0 Å². The second kappa shape index (κ2) is 6.59. The summed E-state index contributed by atoms with van der Waals surface area (Å²) >= 11 is 6.46. The Hall–Kier alpha value is -1.64. The molecule has 0 saturated heterocycles. The molecule has 5 nitrogen and oxygen atoms in total. The average molecular weight is 436 g/mol. The van der Waals surface area contributed by atoms with Crippen molar-refractivity contribution in [3.63, 3.8) is 0 Å². The summed E-state index contributed by atoms with van der Waals surface area (Å²) in [7, 11) is 0. The number of carbonyl (C=O) groups is 1. The summed E-state index contributed by atoms with van der Waals surface area (Å²) in [5.41, 5.74) is 1.92. The molecule has 2 aromatic rings. The molecule has 1 atom stereocenters. The normalized spacial score (nSPS) is 21.0. The van der Waals surface area contributed by atoms with Gasteiger partial charge in [-0.15, -0.1) is 0 Å². The number of ether oxygens (including phenoxy) is 1. The lowest BCUT2D eigenvalue weighted by atomic mass is 10.3. The van der Waals surface area contributed by atoms with Gasteiger partial charge in [-0.3, -0.25) is 0 Å². The van der Waals surface area contributed by atoms with Crippen LogP contribution in [0.3, 0.4) is 0 Å². The number of carbonyl (C=O) groups excluding carboxylic acids is 1. The van der Waals surface area contributed by atoms with E-state index in [2.05, 4.69) is 32.4 Å². The third-order valence-electron chi connectivity index (χ3n) is 3.65. The van der Waals surface area contributed by atoms with Crippen LogP contribution in [0.15, 0.2) is 63.0 Å². The summed E-state index contributed by atoms with van der Waals surface area (Å²) < 4.78 is 5.50. The van der Waals surface area contributed by atoms with Crippen LogP contribution >= 0.6 is 39.5 Å². The molecule has 0 aromatic heterocycles. The van der Waals surface area contributed by atoms with Crippen LogP contribution in [0, 0.1) is 0 Å². The molecule has 4 rings (SSSR count). The number of fused-ring (bicyclic) bond motifs is 1. The van der Waals surface area contributed by atoms with Gasteiger partial charge in [0.15, 0.2) is 0 Å². The number of rotatable bonds is 3. The predicted octanol–water partition coefficient (Wildman–Crippen LogP) is 4.71. The van der Waals surface area contributed by atoms with Crippen LogP contribution in [-0.2, 0) is 9.53 Å². The number of halogens is 1. The van der Waals surface area contributed by atoms with Crippen LogP contribution in [0.1, 0.15) is 6.92 Å². The minimum atomic E-state index is -0.639. The van der Waals surface area contributed by atoms with Crippen molar-refractivity contribution in [2.45, 2.75) is 16.1 Å². The first-order valence-corrected chi connectivity index (χ1v) is 10.1. The van der Waals surface area contributed by atoms with Gasteiger partial charge < -0.3 is 10.1 Å². The van der Waals surface area contributed by atoms with Crippen LogP contribution in [-0.4, -0.2) is 21.9 Å². The number of nitrogens with one attached hydrogen (secondary N) is 1. The van der Waals surface area contributed by atoms with Crippen LogP contribution in [0.2, 0.25) is 0 Å². The maximum atomic E-state index is 12.2. The van der Waals surface area contributed by atoms with Gasteiger partial charge in [0.25, 0.3) is 0 Å². The number of anilines is 2. The van der Waals surface area contributed by atoms with Gasteiger partial charge in [-0.25, -0.2) is 9.80 Å². The SMILES string of the molecule is CCOC(=O)C1=NN(c2ccc(Br)cc2)C2(Nc3ccccc3S2)S1. The van der Waals surface area contributed by atoms with Crippen LogP contribution in [0.4, 0.5) is 11.4 Å². The van der Waals surface area contributed by atoms with Crippen molar-refractivity contribution in [1.82, 2.24) is 0 Å². The quantitative estimate of drug-likeness (QED) is 0.704. The zero-order valence-electron chi connectivity index (χ0n) is 13.2. The highest BCUT2D eigenvalue weighted by atomic mass is 79.9. The molecular formula is C17H14BrN3O2S2. The Morgan fingerprint density at radius 1 is 1.24 bits per heavy atom. The summed E-state index contributed by atoms with van der Waals surface area (Å²) in [6.45, 7) is 2.11. The van der Waals surface area contributed by atoms with Gasteiger partial charge in [0.05, 0.1) is 18.0 Å². The molecule has 25 heavy (non-hydrogen) atoms. The van der Waals surface area contributed by atoms with E-state index in [0.29, 0.717) is 11.7 Å². The largest absolute Gasteiger partial charge is 0.461 e. The Labute approximate surface area is 162 Å². The maximum absolute atomic E-state index is 12.2. The van der Waals surface area contributed by atoms with Gasteiger partial charge in [0.1, 0.15) is 0 Å². The fourth-order valence-electron chi connectivity index (χ4n) is 2.58.